The first kappa shape index (κ1) is 14.7. The van der Waals surface area contributed by atoms with Gasteiger partial charge in [-0.25, -0.2) is 0 Å². The maximum atomic E-state index is 12.2. The summed E-state index contributed by atoms with van der Waals surface area (Å²) in [5.41, 5.74) is 0.828. The van der Waals surface area contributed by atoms with Crippen LogP contribution in [0.2, 0.25) is 0 Å². The van der Waals surface area contributed by atoms with Gasteiger partial charge in [-0.1, -0.05) is 6.08 Å². The number of fused-ring (bicyclic) bond motifs is 5. The first-order valence-electron chi connectivity index (χ1n) is 8.43. The Morgan fingerprint density at radius 1 is 1.41 bits per heavy atom. The molecule has 4 rings (SSSR count). The molecule has 0 aromatic rings. The second-order valence-corrected chi connectivity index (χ2v) is 7.13. The zero-order valence-corrected chi connectivity index (χ0v) is 13.0. The zero-order chi connectivity index (χ0) is 15.3. The molecule has 122 valence electrons. The highest BCUT2D eigenvalue weighted by atomic mass is 16.7. The van der Waals surface area contributed by atoms with E-state index in [2.05, 4.69) is 6.08 Å². The molecule has 2 aliphatic carbocycles. The maximum absolute atomic E-state index is 12.2. The van der Waals surface area contributed by atoms with E-state index >= 15 is 0 Å². The molecule has 2 bridgehead atoms. The molecule has 0 amide bonds. The molecule has 1 N–H and O–H groups in total. The summed E-state index contributed by atoms with van der Waals surface area (Å²) >= 11 is 0. The summed E-state index contributed by atoms with van der Waals surface area (Å²) in [6.45, 7) is 3.56. The Bertz CT molecular complexity index is 501. The fourth-order valence-corrected chi connectivity index (χ4v) is 5.02. The normalized spacial score (nSPS) is 47.1. The van der Waals surface area contributed by atoms with Crippen LogP contribution in [0.3, 0.4) is 0 Å². The summed E-state index contributed by atoms with van der Waals surface area (Å²) in [6, 6.07) is 0. The number of ether oxygens (including phenoxy) is 3. The van der Waals surface area contributed by atoms with Gasteiger partial charge in [-0.3, -0.25) is 4.79 Å². The van der Waals surface area contributed by atoms with E-state index < -0.39 is 6.10 Å². The van der Waals surface area contributed by atoms with E-state index in [1.165, 1.54) is 0 Å². The highest BCUT2D eigenvalue weighted by Crippen LogP contribution is 2.56. The van der Waals surface area contributed by atoms with Crippen LogP contribution in [-0.2, 0) is 19.0 Å². The van der Waals surface area contributed by atoms with E-state index in [9.17, 15) is 9.90 Å². The van der Waals surface area contributed by atoms with Crippen molar-refractivity contribution in [3.63, 3.8) is 0 Å². The van der Waals surface area contributed by atoms with Gasteiger partial charge in [0.25, 0.3) is 0 Å². The lowest BCUT2D eigenvalue weighted by atomic mass is 9.70. The van der Waals surface area contributed by atoms with E-state index in [1.54, 1.807) is 0 Å². The molecule has 2 unspecified atom stereocenters. The minimum absolute atomic E-state index is 0.0930. The van der Waals surface area contributed by atoms with E-state index in [1.807, 2.05) is 6.92 Å². The average molecular weight is 308 g/mol. The molecule has 4 aliphatic rings. The number of cyclic esters (lactones) is 1. The van der Waals surface area contributed by atoms with Crippen LogP contribution in [0.4, 0.5) is 0 Å². The lowest BCUT2D eigenvalue weighted by Crippen LogP contribution is -2.36. The molecule has 1 saturated carbocycles. The topological polar surface area (TPSA) is 65.0 Å². The molecule has 3 fully saturated rings. The van der Waals surface area contributed by atoms with Gasteiger partial charge in [-0.05, 0) is 37.7 Å². The number of carbonyl (C=O) groups is 1. The van der Waals surface area contributed by atoms with Crippen molar-refractivity contribution in [1.82, 2.24) is 0 Å². The van der Waals surface area contributed by atoms with Gasteiger partial charge in [0.15, 0.2) is 6.29 Å². The van der Waals surface area contributed by atoms with Gasteiger partial charge in [0, 0.05) is 24.4 Å². The van der Waals surface area contributed by atoms with Crippen LogP contribution >= 0.6 is 0 Å². The number of hydrogen-bond acceptors (Lipinski definition) is 5. The lowest BCUT2D eigenvalue weighted by molar-refractivity contribution is -0.142. The quantitative estimate of drug-likeness (QED) is 0.621. The number of hydrogen-bond donors (Lipinski definition) is 1. The smallest absolute Gasteiger partial charge is 0.309 e. The average Bonchev–Trinajstić information content (AvgIpc) is 3.05. The molecule has 6 atom stereocenters. The van der Waals surface area contributed by atoms with E-state index in [-0.39, 0.29) is 35.4 Å². The first-order chi connectivity index (χ1) is 10.6. The Kier molecular flexibility index (Phi) is 3.55. The van der Waals surface area contributed by atoms with Crippen LogP contribution in [0.1, 0.15) is 32.6 Å². The van der Waals surface area contributed by atoms with Gasteiger partial charge < -0.3 is 19.3 Å². The van der Waals surface area contributed by atoms with Gasteiger partial charge in [-0.2, -0.15) is 0 Å². The maximum Gasteiger partial charge on any atom is 0.309 e. The van der Waals surface area contributed by atoms with Crippen molar-refractivity contribution in [2.75, 3.05) is 19.8 Å². The number of rotatable bonds is 2. The predicted octanol–water partition coefficient (Wildman–Crippen LogP) is 1.65. The molecule has 1 spiro atoms. The molecule has 2 aliphatic heterocycles. The number of aliphatic hydroxyl groups is 1. The fraction of sp³-hybridized carbons (Fsp3) is 0.824. The van der Waals surface area contributed by atoms with Crippen LogP contribution in [0, 0.1) is 23.2 Å². The zero-order valence-electron chi connectivity index (χ0n) is 13.0. The molecule has 22 heavy (non-hydrogen) atoms. The Morgan fingerprint density at radius 3 is 3.09 bits per heavy atom. The lowest BCUT2D eigenvalue weighted by Gasteiger charge is -2.36. The van der Waals surface area contributed by atoms with Crippen molar-refractivity contribution in [2.45, 2.75) is 45.0 Å². The van der Waals surface area contributed by atoms with Gasteiger partial charge in [0.05, 0.1) is 25.2 Å². The van der Waals surface area contributed by atoms with Crippen LogP contribution in [-0.4, -0.2) is 43.3 Å². The molecular formula is C17H24O5. The Hall–Kier alpha value is -0.910. The summed E-state index contributed by atoms with van der Waals surface area (Å²) in [7, 11) is 0. The highest BCUT2D eigenvalue weighted by Gasteiger charge is 2.57. The van der Waals surface area contributed by atoms with Gasteiger partial charge in [0.1, 0.15) is 0 Å². The monoisotopic (exact) mass is 308 g/mol. The Balaban J connectivity index is 1.71. The van der Waals surface area contributed by atoms with Gasteiger partial charge in [-0.15, -0.1) is 0 Å². The van der Waals surface area contributed by atoms with Crippen molar-refractivity contribution >= 4 is 5.97 Å². The van der Waals surface area contributed by atoms with Crippen LogP contribution in [0.25, 0.3) is 0 Å². The number of aliphatic hydroxyl groups excluding tert-OH is 1. The molecule has 0 radical (unpaired) electrons. The molecule has 0 aromatic carbocycles. The standard InChI is InChI=1S/C17H24O5/c1-2-20-14-7-17(9-22-14)6-11-12(8-21-16(11)19)10-4-3-5-13(17)15(10)18/h5,10-12,14-15,18H,2-4,6-9H2,1H3/t10-,11+,12-,14?,15?,17-/m0/s1. The largest absolute Gasteiger partial charge is 0.465 e. The summed E-state index contributed by atoms with van der Waals surface area (Å²) in [5, 5.41) is 10.9. The minimum Gasteiger partial charge on any atom is -0.465 e. The molecule has 5 nitrogen and oxygen atoms in total. The molecule has 2 heterocycles. The second kappa shape index (κ2) is 5.32. The third-order valence-electron chi connectivity index (χ3n) is 6.05. The third kappa shape index (κ3) is 2.06. The van der Waals surface area contributed by atoms with Crippen molar-refractivity contribution < 1.29 is 24.1 Å². The number of carbonyl (C=O) groups excluding carboxylic acids is 1. The summed E-state index contributed by atoms with van der Waals surface area (Å²) in [5.74, 6) is 0.0934. The molecule has 5 heteroatoms. The summed E-state index contributed by atoms with van der Waals surface area (Å²) < 4.78 is 16.8. The summed E-state index contributed by atoms with van der Waals surface area (Å²) in [4.78, 5) is 12.2. The molecular weight excluding hydrogens is 284 g/mol. The second-order valence-electron chi connectivity index (χ2n) is 7.13. The van der Waals surface area contributed by atoms with E-state index in [0.717, 1.165) is 31.3 Å². The fourth-order valence-electron chi connectivity index (χ4n) is 5.02. The predicted molar refractivity (Wildman–Crippen MR) is 77.8 cm³/mol. The van der Waals surface area contributed by atoms with Gasteiger partial charge in [0.2, 0.25) is 0 Å². The van der Waals surface area contributed by atoms with Crippen molar-refractivity contribution in [3.05, 3.63) is 11.6 Å². The van der Waals surface area contributed by atoms with Crippen molar-refractivity contribution in [3.8, 4) is 0 Å². The molecule has 2 saturated heterocycles. The Labute approximate surface area is 130 Å². The van der Waals surface area contributed by atoms with Crippen molar-refractivity contribution in [1.29, 1.82) is 0 Å². The van der Waals surface area contributed by atoms with E-state index in [4.69, 9.17) is 14.2 Å². The molecule has 0 aromatic heterocycles. The minimum atomic E-state index is -0.470. The third-order valence-corrected chi connectivity index (χ3v) is 6.05. The Morgan fingerprint density at radius 2 is 2.27 bits per heavy atom. The van der Waals surface area contributed by atoms with Crippen LogP contribution < -0.4 is 0 Å². The van der Waals surface area contributed by atoms with Gasteiger partial charge >= 0.3 is 5.97 Å². The number of allylic oxidation sites excluding steroid dienone is 1. The summed E-state index contributed by atoms with van der Waals surface area (Å²) in [6.07, 6.45) is 4.84. The van der Waals surface area contributed by atoms with Crippen molar-refractivity contribution in [2.24, 2.45) is 23.2 Å². The highest BCUT2D eigenvalue weighted by molar-refractivity contribution is 5.75. The van der Waals surface area contributed by atoms with Crippen LogP contribution in [0.5, 0.6) is 0 Å². The number of esters is 1. The van der Waals surface area contributed by atoms with E-state index in [0.29, 0.717) is 19.8 Å². The first-order valence-corrected chi connectivity index (χ1v) is 8.43. The van der Waals surface area contributed by atoms with Crippen LogP contribution in [0.15, 0.2) is 11.6 Å². The SMILES string of the molecule is CCOC1C[C@]2(CO1)C[C@H]1C(=O)OC[C@H]1[C@@H]1CCC=C2C1O.